The molecule has 6 heteroatoms. The highest BCUT2D eigenvalue weighted by atomic mass is 16.3. The van der Waals surface area contributed by atoms with E-state index in [2.05, 4.69) is 5.32 Å². The van der Waals surface area contributed by atoms with Crippen molar-refractivity contribution in [1.29, 1.82) is 0 Å². The van der Waals surface area contributed by atoms with Crippen LogP contribution in [0.2, 0.25) is 0 Å². The molecular formula is C8H16N2O4. The number of aliphatic hydroxyl groups excluding tert-OH is 3. The first-order valence-corrected chi connectivity index (χ1v) is 4.53. The van der Waals surface area contributed by atoms with E-state index in [1.807, 2.05) is 0 Å². The molecule has 1 aliphatic rings. The zero-order chi connectivity index (χ0) is 10.6. The van der Waals surface area contributed by atoms with Gasteiger partial charge in [-0.2, -0.15) is 0 Å². The van der Waals surface area contributed by atoms with E-state index >= 15 is 0 Å². The summed E-state index contributed by atoms with van der Waals surface area (Å²) in [5.74, 6) is 0. The Morgan fingerprint density at radius 1 is 1.29 bits per heavy atom. The zero-order valence-corrected chi connectivity index (χ0v) is 7.94. The lowest BCUT2D eigenvalue weighted by Crippen LogP contribution is -2.64. The molecule has 0 atom stereocenters. The maximum absolute atomic E-state index is 11.2. The van der Waals surface area contributed by atoms with Crippen molar-refractivity contribution in [2.24, 2.45) is 5.41 Å². The third kappa shape index (κ3) is 2.14. The van der Waals surface area contributed by atoms with Gasteiger partial charge in [-0.3, -0.25) is 0 Å². The van der Waals surface area contributed by atoms with E-state index in [1.54, 1.807) is 0 Å². The molecule has 1 rings (SSSR count). The summed E-state index contributed by atoms with van der Waals surface area (Å²) >= 11 is 0. The fraction of sp³-hybridized carbons (Fsp3) is 0.875. The number of amides is 2. The maximum Gasteiger partial charge on any atom is 0.317 e. The number of nitrogens with one attached hydrogen (secondary N) is 1. The van der Waals surface area contributed by atoms with Gasteiger partial charge in [0.15, 0.2) is 0 Å². The van der Waals surface area contributed by atoms with Gasteiger partial charge >= 0.3 is 6.03 Å². The molecule has 1 aliphatic heterocycles. The molecule has 6 nitrogen and oxygen atoms in total. The first kappa shape index (κ1) is 11.2. The van der Waals surface area contributed by atoms with Crippen molar-refractivity contribution in [3.8, 4) is 0 Å². The van der Waals surface area contributed by atoms with Crippen LogP contribution < -0.4 is 5.32 Å². The minimum atomic E-state index is -0.531. The van der Waals surface area contributed by atoms with Gasteiger partial charge in [0.05, 0.1) is 25.2 Å². The fourth-order valence-electron chi connectivity index (χ4n) is 1.43. The number of hydrogen-bond acceptors (Lipinski definition) is 4. The molecule has 0 spiro atoms. The summed E-state index contributed by atoms with van der Waals surface area (Å²) < 4.78 is 0. The SMILES string of the molecule is O=C(NCCO)N1CC(CO)(CO)C1. The van der Waals surface area contributed by atoms with Crippen LogP contribution in [0.3, 0.4) is 0 Å². The van der Waals surface area contributed by atoms with E-state index < -0.39 is 5.41 Å². The van der Waals surface area contributed by atoms with Crippen LogP contribution in [0.25, 0.3) is 0 Å². The second-order valence-corrected chi connectivity index (χ2v) is 3.63. The van der Waals surface area contributed by atoms with Crippen LogP contribution in [-0.2, 0) is 0 Å². The highest BCUT2D eigenvalue weighted by molar-refractivity contribution is 5.75. The molecule has 0 aromatic heterocycles. The molecule has 1 fully saturated rings. The van der Waals surface area contributed by atoms with Gasteiger partial charge in [-0.25, -0.2) is 4.79 Å². The highest BCUT2D eigenvalue weighted by Gasteiger charge is 2.44. The molecule has 0 aromatic rings. The number of aliphatic hydroxyl groups is 3. The van der Waals surface area contributed by atoms with Crippen molar-refractivity contribution in [3.05, 3.63) is 0 Å². The normalized spacial score (nSPS) is 18.9. The first-order chi connectivity index (χ1) is 6.67. The smallest absolute Gasteiger partial charge is 0.317 e. The van der Waals surface area contributed by atoms with Gasteiger partial charge in [0.25, 0.3) is 0 Å². The van der Waals surface area contributed by atoms with Crippen LogP contribution in [0.4, 0.5) is 4.79 Å². The number of rotatable bonds is 4. The number of likely N-dealkylation sites (tertiary alicyclic amines) is 1. The summed E-state index contributed by atoms with van der Waals surface area (Å²) in [5, 5.41) is 28.9. The molecule has 4 N–H and O–H groups in total. The molecule has 1 heterocycles. The predicted molar refractivity (Wildman–Crippen MR) is 48.7 cm³/mol. The van der Waals surface area contributed by atoms with Crippen LogP contribution in [0.1, 0.15) is 0 Å². The van der Waals surface area contributed by atoms with E-state index in [-0.39, 0.29) is 32.4 Å². The van der Waals surface area contributed by atoms with Crippen molar-refractivity contribution in [2.75, 3.05) is 39.5 Å². The van der Waals surface area contributed by atoms with E-state index in [9.17, 15) is 4.79 Å². The van der Waals surface area contributed by atoms with Crippen molar-refractivity contribution < 1.29 is 20.1 Å². The standard InChI is InChI=1S/C8H16N2O4/c11-2-1-9-7(14)10-3-8(4-10,5-12)6-13/h11-13H,1-6H2,(H,9,14). The second-order valence-electron chi connectivity index (χ2n) is 3.63. The summed E-state index contributed by atoms with van der Waals surface area (Å²) in [4.78, 5) is 12.7. The summed E-state index contributed by atoms with van der Waals surface area (Å²) in [7, 11) is 0. The molecule has 14 heavy (non-hydrogen) atoms. The second kappa shape index (κ2) is 4.59. The van der Waals surface area contributed by atoms with Gasteiger partial charge in [-0.05, 0) is 0 Å². The average Bonchev–Trinajstić information content (AvgIpc) is 2.14. The molecule has 0 unspecified atom stereocenters. The monoisotopic (exact) mass is 204 g/mol. The van der Waals surface area contributed by atoms with Crippen LogP contribution in [-0.4, -0.2) is 65.7 Å². The Morgan fingerprint density at radius 2 is 1.86 bits per heavy atom. The summed E-state index contributed by atoms with van der Waals surface area (Å²) in [6, 6.07) is -0.267. The molecular weight excluding hydrogens is 188 g/mol. The Hall–Kier alpha value is -0.850. The van der Waals surface area contributed by atoms with E-state index in [1.165, 1.54) is 4.90 Å². The first-order valence-electron chi connectivity index (χ1n) is 4.53. The van der Waals surface area contributed by atoms with Crippen LogP contribution in [0.5, 0.6) is 0 Å². The molecule has 1 saturated heterocycles. The molecule has 0 bridgehead atoms. The number of hydrogen-bond donors (Lipinski definition) is 4. The Morgan fingerprint density at radius 3 is 2.29 bits per heavy atom. The summed E-state index contributed by atoms with van der Waals surface area (Å²) in [6.45, 7) is 0.611. The Kier molecular flexibility index (Phi) is 3.68. The Labute approximate surface area is 82.1 Å². The lowest BCUT2D eigenvalue weighted by molar-refractivity contribution is -0.0525. The third-order valence-electron chi connectivity index (χ3n) is 2.40. The molecule has 0 aliphatic carbocycles. The van der Waals surface area contributed by atoms with Gasteiger partial charge in [0, 0.05) is 19.6 Å². The maximum atomic E-state index is 11.2. The van der Waals surface area contributed by atoms with Gasteiger partial charge < -0.3 is 25.5 Å². The Bertz CT molecular complexity index is 198. The predicted octanol–water partition coefficient (Wildman–Crippen LogP) is -2.03. The number of urea groups is 1. The molecule has 82 valence electrons. The number of nitrogens with zero attached hydrogens (tertiary/aromatic N) is 1. The summed E-state index contributed by atoms with van der Waals surface area (Å²) in [6.07, 6.45) is 0. The van der Waals surface area contributed by atoms with Crippen molar-refractivity contribution >= 4 is 6.03 Å². The van der Waals surface area contributed by atoms with Crippen molar-refractivity contribution in [3.63, 3.8) is 0 Å². The Balaban J connectivity index is 2.29. The minimum Gasteiger partial charge on any atom is -0.396 e. The highest BCUT2D eigenvalue weighted by Crippen LogP contribution is 2.28. The van der Waals surface area contributed by atoms with Crippen LogP contribution in [0.15, 0.2) is 0 Å². The van der Waals surface area contributed by atoms with E-state index in [0.717, 1.165) is 0 Å². The quantitative estimate of drug-likeness (QED) is 0.425. The molecule has 0 aromatic carbocycles. The van der Waals surface area contributed by atoms with Gasteiger partial charge in [0.2, 0.25) is 0 Å². The topological polar surface area (TPSA) is 93.0 Å². The van der Waals surface area contributed by atoms with Gasteiger partial charge in [-0.15, -0.1) is 0 Å². The van der Waals surface area contributed by atoms with Gasteiger partial charge in [0.1, 0.15) is 0 Å². The fourth-order valence-corrected chi connectivity index (χ4v) is 1.43. The molecule has 0 radical (unpaired) electrons. The average molecular weight is 204 g/mol. The van der Waals surface area contributed by atoms with Crippen LogP contribution >= 0.6 is 0 Å². The van der Waals surface area contributed by atoms with Crippen LogP contribution in [0, 0.1) is 5.41 Å². The molecule has 2 amide bonds. The zero-order valence-electron chi connectivity index (χ0n) is 7.94. The largest absolute Gasteiger partial charge is 0.396 e. The minimum absolute atomic E-state index is 0.0925. The van der Waals surface area contributed by atoms with Crippen molar-refractivity contribution in [2.45, 2.75) is 0 Å². The van der Waals surface area contributed by atoms with Gasteiger partial charge in [-0.1, -0.05) is 0 Å². The molecule has 0 saturated carbocycles. The van der Waals surface area contributed by atoms with E-state index in [4.69, 9.17) is 15.3 Å². The van der Waals surface area contributed by atoms with E-state index in [0.29, 0.717) is 13.1 Å². The van der Waals surface area contributed by atoms with Crippen molar-refractivity contribution in [1.82, 2.24) is 10.2 Å². The lowest BCUT2D eigenvalue weighted by Gasteiger charge is -2.47. The number of carbonyl (C=O) groups is 1. The summed E-state index contributed by atoms with van der Waals surface area (Å²) in [5.41, 5.74) is -0.531. The third-order valence-corrected chi connectivity index (χ3v) is 2.40. The lowest BCUT2D eigenvalue weighted by atomic mass is 9.82. The number of carbonyl (C=O) groups excluding carboxylic acids is 1.